The number of methoxy groups -OCH3 is 2. The van der Waals surface area contributed by atoms with Gasteiger partial charge < -0.3 is 14.4 Å². The molecule has 1 aromatic rings. The highest BCUT2D eigenvalue weighted by atomic mass is 32.1. The van der Waals surface area contributed by atoms with E-state index in [2.05, 4.69) is 4.90 Å². The van der Waals surface area contributed by atoms with Gasteiger partial charge in [0.1, 0.15) is 0 Å². The number of carbonyl (C=O) groups excluding carboxylic acids is 2. The van der Waals surface area contributed by atoms with E-state index in [9.17, 15) is 9.59 Å². The monoisotopic (exact) mass is 413 g/mol. The first kappa shape index (κ1) is 18.9. The van der Waals surface area contributed by atoms with Crippen molar-refractivity contribution in [3.63, 3.8) is 0 Å². The van der Waals surface area contributed by atoms with Crippen LogP contribution in [0.4, 0.5) is 0 Å². The molecular weight excluding hydrogens is 386 g/mol. The van der Waals surface area contributed by atoms with E-state index in [0.29, 0.717) is 11.1 Å². The SMILES string of the molecule is COC(=O)C1=CN(C23CC4CC(CC(C4)C2)C3)C=C(C(=O)OC)C1c1ccsc1. The predicted molar refractivity (Wildman–Crippen MR) is 110 cm³/mol. The summed E-state index contributed by atoms with van der Waals surface area (Å²) >= 11 is 1.55. The molecule has 0 radical (unpaired) electrons. The van der Waals surface area contributed by atoms with Crippen molar-refractivity contribution < 1.29 is 19.1 Å². The molecule has 4 fully saturated rings. The lowest BCUT2D eigenvalue weighted by Crippen LogP contribution is -2.57. The number of hydrogen-bond donors (Lipinski definition) is 0. The van der Waals surface area contributed by atoms with Crippen molar-refractivity contribution in [3.8, 4) is 0 Å². The molecule has 154 valence electrons. The molecule has 6 rings (SSSR count). The molecule has 4 bridgehead atoms. The molecule has 5 nitrogen and oxygen atoms in total. The number of nitrogens with zero attached hydrogens (tertiary/aromatic N) is 1. The lowest BCUT2D eigenvalue weighted by Gasteiger charge is -2.60. The van der Waals surface area contributed by atoms with Crippen molar-refractivity contribution in [1.82, 2.24) is 4.90 Å². The maximum absolute atomic E-state index is 12.8. The van der Waals surface area contributed by atoms with Gasteiger partial charge in [-0.1, -0.05) is 0 Å². The fourth-order valence-electron chi connectivity index (χ4n) is 6.68. The van der Waals surface area contributed by atoms with Gasteiger partial charge in [-0.3, -0.25) is 0 Å². The largest absolute Gasteiger partial charge is 0.466 e. The van der Waals surface area contributed by atoms with E-state index in [1.165, 1.54) is 33.5 Å². The lowest BCUT2D eigenvalue weighted by atomic mass is 9.52. The summed E-state index contributed by atoms with van der Waals surface area (Å²) in [5.74, 6) is 1.07. The van der Waals surface area contributed by atoms with Gasteiger partial charge in [0.25, 0.3) is 0 Å². The highest BCUT2D eigenvalue weighted by Crippen LogP contribution is 2.58. The summed E-state index contributed by atoms with van der Waals surface area (Å²) in [7, 11) is 2.80. The maximum Gasteiger partial charge on any atom is 0.336 e. The smallest absolute Gasteiger partial charge is 0.336 e. The zero-order valence-electron chi connectivity index (χ0n) is 16.9. The summed E-state index contributed by atoms with van der Waals surface area (Å²) in [4.78, 5) is 27.8. The van der Waals surface area contributed by atoms with E-state index < -0.39 is 5.92 Å². The Morgan fingerprint density at radius 2 is 1.48 bits per heavy atom. The predicted octanol–water partition coefficient (Wildman–Crippen LogP) is 4.23. The molecule has 2 heterocycles. The first-order valence-corrected chi connectivity index (χ1v) is 11.4. The summed E-state index contributed by atoms with van der Waals surface area (Å²) in [5.41, 5.74) is 1.97. The Morgan fingerprint density at radius 3 is 1.90 bits per heavy atom. The molecule has 1 aromatic heterocycles. The average molecular weight is 414 g/mol. The minimum Gasteiger partial charge on any atom is -0.466 e. The fourth-order valence-corrected chi connectivity index (χ4v) is 7.37. The first-order chi connectivity index (χ1) is 14.0. The zero-order valence-corrected chi connectivity index (χ0v) is 17.7. The van der Waals surface area contributed by atoms with E-state index in [1.54, 1.807) is 11.3 Å². The Kier molecular flexibility index (Phi) is 4.57. The molecule has 0 saturated heterocycles. The Bertz CT molecular complexity index is 815. The molecule has 0 N–H and O–H groups in total. The van der Waals surface area contributed by atoms with Crippen molar-refractivity contribution in [3.05, 3.63) is 45.9 Å². The second kappa shape index (κ2) is 7.01. The van der Waals surface area contributed by atoms with E-state index in [4.69, 9.17) is 9.47 Å². The third-order valence-electron chi connectivity index (χ3n) is 7.45. The molecule has 0 unspecified atom stereocenters. The van der Waals surface area contributed by atoms with Crippen LogP contribution in [0.2, 0.25) is 0 Å². The van der Waals surface area contributed by atoms with Crippen LogP contribution < -0.4 is 0 Å². The van der Waals surface area contributed by atoms with Gasteiger partial charge in [-0.15, -0.1) is 0 Å². The molecule has 0 atom stereocenters. The van der Waals surface area contributed by atoms with Crippen LogP contribution in [0.15, 0.2) is 40.4 Å². The standard InChI is InChI=1S/C23H27NO4S/c1-27-21(25)18-11-24(23-8-14-5-15(9-23)7-16(6-14)10-23)12-19(22(26)28-2)20(18)17-3-4-29-13-17/h3-4,11-16,20H,5-10H2,1-2H3. The van der Waals surface area contributed by atoms with Gasteiger partial charge in [-0.25, -0.2) is 9.59 Å². The molecule has 1 aliphatic heterocycles. The van der Waals surface area contributed by atoms with E-state index in [0.717, 1.165) is 42.6 Å². The fraction of sp³-hybridized carbons (Fsp3) is 0.565. The molecule has 29 heavy (non-hydrogen) atoms. The highest BCUT2D eigenvalue weighted by Gasteiger charge is 2.54. The van der Waals surface area contributed by atoms with Crippen LogP contribution in [-0.2, 0) is 19.1 Å². The second-order valence-corrected chi connectivity index (χ2v) is 9.97. The number of thiophene rings is 1. The van der Waals surface area contributed by atoms with Gasteiger partial charge in [0.05, 0.1) is 31.3 Å². The Hall–Kier alpha value is -2.08. The van der Waals surface area contributed by atoms with Crippen molar-refractivity contribution in [2.75, 3.05) is 14.2 Å². The van der Waals surface area contributed by atoms with Gasteiger partial charge in [-0.05, 0) is 78.7 Å². The topological polar surface area (TPSA) is 55.8 Å². The maximum atomic E-state index is 12.8. The quantitative estimate of drug-likeness (QED) is 0.692. The van der Waals surface area contributed by atoms with Crippen LogP contribution in [0.3, 0.4) is 0 Å². The van der Waals surface area contributed by atoms with Crippen LogP contribution in [0.5, 0.6) is 0 Å². The number of carbonyl (C=O) groups is 2. The number of rotatable bonds is 4. The van der Waals surface area contributed by atoms with Crippen LogP contribution in [0.25, 0.3) is 0 Å². The lowest BCUT2D eigenvalue weighted by molar-refractivity contribution is -0.137. The Balaban J connectivity index is 1.61. The third-order valence-corrected chi connectivity index (χ3v) is 8.15. The summed E-state index contributed by atoms with van der Waals surface area (Å²) in [6.07, 6.45) is 11.4. The van der Waals surface area contributed by atoms with Crippen molar-refractivity contribution in [2.45, 2.75) is 50.0 Å². The van der Waals surface area contributed by atoms with E-state index >= 15 is 0 Å². The van der Waals surface area contributed by atoms with E-state index in [1.807, 2.05) is 29.2 Å². The first-order valence-electron chi connectivity index (χ1n) is 10.4. The molecule has 0 spiro atoms. The molecule has 5 aliphatic rings. The minimum atomic E-state index is -0.452. The summed E-state index contributed by atoms with van der Waals surface area (Å²) in [6, 6.07) is 1.96. The van der Waals surface area contributed by atoms with Gasteiger partial charge in [-0.2, -0.15) is 11.3 Å². The van der Waals surface area contributed by atoms with Crippen molar-refractivity contribution in [2.24, 2.45) is 17.8 Å². The molecule has 6 heteroatoms. The molecule has 0 aromatic carbocycles. The Morgan fingerprint density at radius 1 is 0.966 bits per heavy atom. The van der Waals surface area contributed by atoms with Crippen molar-refractivity contribution >= 4 is 23.3 Å². The molecule has 0 amide bonds. The van der Waals surface area contributed by atoms with Crippen LogP contribution in [0, 0.1) is 17.8 Å². The van der Waals surface area contributed by atoms with Gasteiger partial charge in [0, 0.05) is 17.9 Å². The summed E-state index contributed by atoms with van der Waals surface area (Å²) < 4.78 is 10.3. The summed E-state index contributed by atoms with van der Waals surface area (Å²) in [5, 5.41) is 3.95. The van der Waals surface area contributed by atoms with Crippen LogP contribution in [0.1, 0.15) is 50.0 Å². The van der Waals surface area contributed by atoms with Gasteiger partial charge in [0.2, 0.25) is 0 Å². The molecule has 4 aliphatic carbocycles. The van der Waals surface area contributed by atoms with Gasteiger partial charge in [0.15, 0.2) is 0 Å². The van der Waals surface area contributed by atoms with Crippen molar-refractivity contribution in [1.29, 1.82) is 0 Å². The Labute approximate surface area is 175 Å². The number of hydrogen-bond acceptors (Lipinski definition) is 6. The second-order valence-electron chi connectivity index (χ2n) is 9.19. The van der Waals surface area contributed by atoms with Crippen LogP contribution in [-0.4, -0.2) is 36.6 Å². The van der Waals surface area contributed by atoms with Crippen LogP contribution >= 0.6 is 11.3 Å². The zero-order chi connectivity index (χ0) is 20.2. The minimum absolute atomic E-state index is 0.00685. The third kappa shape index (κ3) is 3.03. The molecule has 4 saturated carbocycles. The number of ether oxygens (including phenoxy) is 2. The van der Waals surface area contributed by atoms with Gasteiger partial charge >= 0.3 is 11.9 Å². The highest BCUT2D eigenvalue weighted by molar-refractivity contribution is 7.08. The summed E-state index contributed by atoms with van der Waals surface area (Å²) in [6.45, 7) is 0. The number of esters is 2. The average Bonchev–Trinajstić information content (AvgIpc) is 3.25. The molecular formula is C23H27NO4S. The normalized spacial score (nSPS) is 33.3. The van der Waals surface area contributed by atoms with E-state index in [-0.39, 0.29) is 17.5 Å².